The maximum absolute atomic E-state index is 10.3. The summed E-state index contributed by atoms with van der Waals surface area (Å²) in [6, 6.07) is 0. The number of ether oxygens (including phenoxy) is 1. The van der Waals surface area contributed by atoms with Crippen LogP contribution in [0.4, 0.5) is 0 Å². The van der Waals surface area contributed by atoms with Gasteiger partial charge in [-0.3, -0.25) is 4.79 Å². The minimum absolute atomic E-state index is 0.105. The van der Waals surface area contributed by atoms with E-state index in [2.05, 4.69) is 20.4 Å². The van der Waals surface area contributed by atoms with E-state index in [-0.39, 0.29) is 6.10 Å². The quantitative estimate of drug-likeness (QED) is 0.495. The molecule has 0 spiro atoms. The average molecular weight is 182 g/mol. The molecule has 0 aromatic heterocycles. The van der Waals surface area contributed by atoms with Crippen LogP contribution in [0.2, 0.25) is 0 Å². The summed E-state index contributed by atoms with van der Waals surface area (Å²) in [5.41, 5.74) is 1.21. The van der Waals surface area contributed by atoms with Crippen LogP contribution < -0.4 is 0 Å². The Labute approximate surface area is 80.0 Å². The molecule has 3 atom stereocenters. The Morgan fingerprint density at radius 1 is 1.54 bits per heavy atom. The Kier molecular flexibility index (Phi) is 3.52. The van der Waals surface area contributed by atoms with Crippen LogP contribution in [-0.4, -0.2) is 12.6 Å². The summed E-state index contributed by atoms with van der Waals surface area (Å²) >= 11 is 0. The second-order valence-corrected chi connectivity index (χ2v) is 4.10. The third-order valence-electron chi connectivity index (χ3n) is 3.05. The average Bonchev–Trinajstić information content (AvgIpc) is 2.08. The summed E-state index contributed by atoms with van der Waals surface area (Å²) in [5.74, 6) is 1.04. The van der Waals surface area contributed by atoms with Gasteiger partial charge in [0, 0.05) is 0 Å². The van der Waals surface area contributed by atoms with Gasteiger partial charge in [0.1, 0.15) is 6.10 Å². The summed E-state index contributed by atoms with van der Waals surface area (Å²) in [4.78, 5) is 10.3. The van der Waals surface area contributed by atoms with Gasteiger partial charge in [-0.1, -0.05) is 19.1 Å². The molecule has 1 saturated carbocycles. The van der Waals surface area contributed by atoms with E-state index in [0.717, 1.165) is 12.8 Å². The number of rotatable bonds is 3. The second-order valence-electron chi connectivity index (χ2n) is 4.10. The highest BCUT2D eigenvalue weighted by atomic mass is 16.5. The maximum Gasteiger partial charge on any atom is 0.293 e. The van der Waals surface area contributed by atoms with Gasteiger partial charge in [0.2, 0.25) is 0 Å². The molecule has 0 bridgehead atoms. The Bertz CT molecular complexity index is 198. The van der Waals surface area contributed by atoms with Gasteiger partial charge in [0.15, 0.2) is 0 Å². The standard InChI is InChI=1S/C11H18O2/c1-8(2)10-5-4-9(3)11(6-10)13-7-12/h7,9-11H,1,4-6H2,2-3H3/t9-,10-,11-/m1/s1. The lowest BCUT2D eigenvalue weighted by Gasteiger charge is -2.33. The molecule has 1 rings (SSSR count). The zero-order chi connectivity index (χ0) is 9.84. The summed E-state index contributed by atoms with van der Waals surface area (Å²) in [6.07, 6.45) is 3.38. The van der Waals surface area contributed by atoms with Crippen molar-refractivity contribution in [1.82, 2.24) is 0 Å². The molecule has 0 N–H and O–H groups in total. The van der Waals surface area contributed by atoms with Crippen molar-refractivity contribution in [2.24, 2.45) is 11.8 Å². The second kappa shape index (κ2) is 4.45. The maximum atomic E-state index is 10.3. The van der Waals surface area contributed by atoms with E-state index in [9.17, 15) is 4.79 Å². The minimum atomic E-state index is 0.105. The molecule has 74 valence electrons. The van der Waals surface area contributed by atoms with Crippen molar-refractivity contribution in [3.05, 3.63) is 12.2 Å². The predicted molar refractivity (Wildman–Crippen MR) is 52.3 cm³/mol. The lowest BCUT2D eigenvalue weighted by molar-refractivity contribution is -0.138. The Morgan fingerprint density at radius 2 is 2.23 bits per heavy atom. The lowest BCUT2D eigenvalue weighted by Crippen LogP contribution is -2.30. The highest BCUT2D eigenvalue weighted by Crippen LogP contribution is 2.33. The summed E-state index contributed by atoms with van der Waals surface area (Å²) in [7, 11) is 0. The number of allylic oxidation sites excluding steroid dienone is 1. The van der Waals surface area contributed by atoms with Crippen LogP contribution in [0.5, 0.6) is 0 Å². The van der Waals surface area contributed by atoms with Crippen LogP contribution >= 0.6 is 0 Å². The van der Waals surface area contributed by atoms with Gasteiger partial charge in [-0.2, -0.15) is 0 Å². The van der Waals surface area contributed by atoms with Crippen molar-refractivity contribution in [3.8, 4) is 0 Å². The highest BCUT2D eigenvalue weighted by molar-refractivity contribution is 5.37. The van der Waals surface area contributed by atoms with Gasteiger partial charge in [-0.25, -0.2) is 0 Å². The van der Waals surface area contributed by atoms with Crippen LogP contribution in [0, 0.1) is 11.8 Å². The largest absolute Gasteiger partial charge is 0.464 e. The van der Waals surface area contributed by atoms with Gasteiger partial charge in [-0.05, 0) is 38.0 Å². The first kappa shape index (κ1) is 10.3. The van der Waals surface area contributed by atoms with E-state index < -0.39 is 0 Å². The monoisotopic (exact) mass is 182 g/mol. The number of carbonyl (C=O) groups is 1. The first-order valence-electron chi connectivity index (χ1n) is 4.89. The van der Waals surface area contributed by atoms with Crippen LogP contribution in [0.1, 0.15) is 33.1 Å². The van der Waals surface area contributed by atoms with Crippen LogP contribution in [0.3, 0.4) is 0 Å². The van der Waals surface area contributed by atoms with Gasteiger partial charge in [-0.15, -0.1) is 0 Å². The molecule has 0 amide bonds. The fourth-order valence-electron chi connectivity index (χ4n) is 1.99. The molecule has 1 fully saturated rings. The van der Waals surface area contributed by atoms with Gasteiger partial charge in [0.25, 0.3) is 6.47 Å². The normalized spacial score (nSPS) is 33.8. The highest BCUT2D eigenvalue weighted by Gasteiger charge is 2.28. The predicted octanol–water partition coefficient (Wildman–Crippen LogP) is 2.54. The van der Waals surface area contributed by atoms with Crippen LogP contribution in [-0.2, 0) is 9.53 Å². The summed E-state index contributed by atoms with van der Waals surface area (Å²) < 4.78 is 5.05. The summed E-state index contributed by atoms with van der Waals surface area (Å²) in [6.45, 7) is 8.72. The molecule has 0 saturated heterocycles. The van der Waals surface area contributed by atoms with E-state index in [1.165, 1.54) is 12.0 Å². The van der Waals surface area contributed by atoms with E-state index >= 15 is 0 Å². The zero-order valence-electron chi connectivity index (χ0n) is 8.45. The molecule has 0 unspecified atom stereocenters. The molecule has 0 aromatic carbocycles. The van der Waals surface area contributed by atoms with Crippen LogP contribution in [0.25, 0.3) is 0 Å². The first-order valence-corrected chi connectivity index (χ1v) is 4.89. The zero-order valence-corrected chi connectivity index (χ0v) is 8.45. The SMILES string of the molecule is C=C(C)[C@@H]1CC[C@@H](C)[C@H](OC=O)C1. The summed E-state index contributed by atoms with van der Waals surface area (Å²) in [5, 5.41) is 0. The fourth-order valence-corrected chi connectivity index (χ4v) is 1.99. The lowest BCUT2D eigenvalue weighted by atomic mass is 9.78. The van der Waals surface area contributed by atoms with E-state index in [1.807, 2.05) is 0 Å². The van der Waals surface area contributed by atoms with Crippen molar-refractivity contribution in [2.45, 2.75) is 39.2 Å². The molecule has 1 aliphatic carbocycles. The van der Waals surface area contributed by atoms with E-state index in [1.54, 1.807) is 0 Å². The number of hydrogen-bond donors (Lipinski definition) is 0. The number of hydrogen-bond acceptors (Lipinski definition) is 2. The van der Waals surface area contributed by atoms with Crippen molar-refractivity contribution >= 4 is 6.47 Å². The van der Waals surface area contributed by atoms with E-state index in [4.69, 9.17) is 4.74 Å². The Morgan fingerprint density at radius 3 is 2.77 bits per heavy atom. The molecule has 0 aromatic rings. The smallest absolute Gasteiger partial charge is 0.293 e. The topological polar surface area (TPSA) is 26.3 Å². The van der Waals surface area contributed by atoms with Gasteiger partial charge in [0.05, 0.1) is 0 Å². The third-order valence-corrected chi connectivity index (χ3v) is 3.05. The fraction of sp³-hybridized carbons (Fsp3) is 0.727. The molecule has 1 aliphatic rings. The first-order chi connectivity index (χ1) is 6.15. The molecule has 0 radical (unpaired) electrons. The molecular formula is C11H18O2. The molecule has 2 heteroatoms. The molecule has 0 aliphatic heterocycles. The molecule has 2 nitrogen and oxygen atoms in total. The third kappa shape index (κ3) is 2.58. The van der Waals surface area contributed by atoms with Gasteiger partial charge >= 0.3 is 0 Å². The van der Waals surface area contributed by atoms with Crippen molar-refractivity contribution < 1.29 is 9.53 Å². The number of carbonyl (C=O) groups excluding carboxylic acids is 1. The Hall–Kier alpha value is -0.790. The molecule has 13 heavy (non-hydrogen) atoms. The molecular weight excluding hydrogens is 164 g/mol. The minimum Gasteiger partial charge on any atom is -0.464 e. The van der Waals surface area contributed by atoms with Crippen molar-refractivity contribution in [3.63, 3.8) is 0 Å². The molecule has 0 heterocycles. The van der Waals surface area contributed by atoms with Crippen molar-refractivity contribution in [2.75, 3.05) is 0 Å². The Balaban J connectivity index is 2.52. The van der Waals surface area contributed by atoms with Crippen LogP contribution in [0.15, 0.2) is 12.2 Å². The van der Waals surface area contributed by atoms with E-state index in [0.29, 0.717) is 18.3 Å². The van der Waals surface area contributed by atoms with Crippen molar-refractivity contribution in [1.29, 1.82) is 0 Å². The van der Waals surface area contributed by atoms with Gasteiger partial charge < -0.3 is 4.74 Å².